The number of H-pyrrole nitrogens is 1. The van der Waals surface area contributed by atoms with Crippen molar-refractivity contribution < 1.29 is 101 Å². The second kappa shape index (κ2) is 46.9. The van der Waals surface area contributed by atoms with Gasteiger partial charge in [-0.3, -0.25) is 86.3 Å². The van der Waals surface area contributed by atoms with Crippen molar-refractivity contribution >= 4 is 129 Å². The predicted octanol–water partition coefficient (Wildman–Crippen LogP) is -7.53. The zero-order valence-electron chi connectivity index (χ0n) is 62.6. The minimum Gasteiger partial charge on any atom is -0.492 e. The number of carbonyl (C=O) groups is 18. The Bertz CT molecular complexity index is 3840. The van der Waals surface area contributed by atoms with Crippen LogP contribution in [0.25, 0.3) is 10.9 Å². The lowest BCUT2D eigenvalue weighted by Gasteiger charge is -2.33. The average Bonchev–Trinajstić information content (AvgIpc) is 1.64. The van der Waals surface area contributed by atoms with Gasteiger partial charge in [0.05, 0.1) is 25.5 Å². The number of carboxylic acid groups (broad SMARTS) is 1. The van der Waals surface area contributed by atoms with Crippen LogP contribution in [0.2, 0.25) is 0 Å². The molecule has 0 spiro atoms. The minimum atomic E-state index is -2.13. The van der Waals surface area contributed by atoms with E-state index in [-0.39, 0.29) is 94.8 Å². The molecule has 1 aliphatic rings. The Hall–Kier alpha value is -11.5. The highest BCUT2D eigenvalue weighted by atomic mass is 32.2. The second-order valence-corrected chi connectivity index (χ2v) is 28.0. The van der Waals surface area contributed by atoms with E-state index in [1.165, 1.54) is 44.3 Å². The van der Waals surface area contributed by atoms with E-state index in [0.717, 1.165) is 25.6 Å². The number of aliphatic carboxylic acids is 1. The zero-order chi connectivity index (χ0) is 83.4. The van der Waals surface area contributed by atoms with Gasteiger partial charge in [0, 0.05) is 75.5 Å². The van der Waals surface area contributed by atoms with E-state index in [2.05, 4.69) is 74.1 Å². The molecule has 112 heavy (non-hydrogen) atoms. The molecule has 42 heteroatoms. The first-order valence-electron chi connectivity index (χ1n) is 36.1. The number of para-hydroxylation sites is 1. The number of primary amides is 4. The summed E-state index contributed by atoms with van der Waals surface area (Å²) in [6.45, 7) is 4.35. The largest absolute Gasteiger partial charge is 0.492 e. The number of ether oxygens (including phenoxy) is 1. The standard InChI is InChI=1S/C70H104N20O21S/c1-36(91)58-68(109)86-49(30-40-33-78-43-12-6-5-11-42(40)43)65(106)82-45(18-20-53(73)94)61(102)87-52(35-112-28-22-47(80-38(3)93)62(103)81-46(63(104)89-58)19-21-54(74)95)66(107)83-48(29-39-14-16-41(17-15-39)111-27-25-72)64(105)85-51(32-57(98)99)67(108)90-70(4,23-8-9-24-71)69(110)88-44(13-7-10-26-77-37(2)92)60(101)84-50(31-55(75)96)59(100)79-34-56(76)97/h5-6,11-12,14-17,33,36,44-52,58,78,91H,7-10,13,18-32,34-35,71-72H2,1-4H3,(H2,73,94)(H2,74,95)(H2,75,96)(H2,76,97)(H,77,92)(H,79,100)(H,80,93)(H,81,103)(H,82,106)(H,83,107)(H,84,101)(H,85,105)(H,86,109)(H,87,102)(H,88,110)(H,89,104)(H,90,108)(H,98,99)/t36-,44+,45+,46+,47+,48+,49+,50+,51+,52+,58+,70+/m1/s1. The highest BCUT2D eigenvalue weighted by molar-refractivity contribution is 7.99. The number of aliphatic hydroxyl groups is 1. The van der Waals surface area contributed by atoms with Crippen LogP contribution in [0.4, 0.5) is 0 Å². The van der Waals surface area contributed by atoms with Crippen molar-refractivity contribution in [2.45, 2.75) is 196 Å². The molecule has 1 fully saturated rings. The van der Waals surface area contributed by atoms with E-state index in [1.807, 2.05) is 0 Å². The van der Waals surface area contributed by atoms with Crippen LogP contribution in [0.5, 0.6) is 5.75 Å². The van der Waals surface area contributed by atoms with Crippen LogP contribution >= 0.6 is 11.8 Å². The number of aliphatic hydroxyl groups excluding tert-OH is 1. The Morgan fingerprint density at radius 1 is 0.625 bits per heavy atom. The number of benzene rings is 2. The number of carboxylic acids is 1. The zero-order valence-corrected chi connectivity index (χ0v) is 63.4. The third-order valence-electron chi connectivity index (χ3n) is 17.4. The third kappa shape index (κ3) is 32.6. The molecule has 0 unspecified atom stereocenters. The Morgan fingerprint density at radius 2 is 1.23 bits per heavy atom. The number of amides is 17. The summed E-state index contributed by atoms with van der Waals surface area (Å²) in [5, 5.41) is 53.9. The molecule has 0 aliphatic carbocycles. The van der Waals surface area contributed by atoms with Crippen molar-refractivity contribution in [3.63, 3.8) is 0 Å². The molecular weight excluding hydrogens is 1490 g/mol. The molecule has 1 saturated heterocycles. The van der Waals surface area contributed by atoms with Gasteiger partial charge < -0.3 is 123 Å². The van der Waals surface area contributed by atoms with Crippen LogP contribution in [0.15, 0.2) is 54.7 Å². The summed E-state index contributed by atoms with van der Waals surface area (Å²) >= 11 is 0.868. The SMILES string of the molecule is CC(=O)NCCCC[C@H](NC(=O)[C@](C)(CCCCN)NC(=O)[C@H](CC(=O)O)NC(=O)[C@H](Cc1ccc(OCCN)cc1)NC(=O)[C@@H]1CSCC[C@H](NC(C)=O)C(=O)N[C@@H](CCC(N)=O)C(=O)N[C@@H]([C@@H](C)O)C(=O)N[C@@H](Cc2c[nH]c3ccccc23)C(=O)N[C@@H](CCC(N)=O)C(=O)N1)C(=O)N[C@@H](CC(N)=O)C(=O)NCC(N)=O. The number of carbonyl (C=O) groups excluding carboxylic acids is 17. The number of aromatic amines is 1. The van der Waals surface area contributed by atoms with E-state index >= 15 is 9.59 Å². The molecule has 0 bridgehead atoms. The fraction of sp³-hybridized carbons (Fsp3) is 0.543. The molecule has 616 valence electrons. The Labute approximate surface area is 648 Å². The number of aromatic nitrogens is 1. The first-order valence-corrected chi connectivity index (χ1v) is 37.2. The molecule has 3 aromatic rings. The average molecular weight is 1590 g/mol. The summed E-state index contributed by atoms with van der Waals surface area (Å²) in [4.78, 5) is 249. The second-order valence-electron chi connectivity index (χ2n) is 26.9. The molecule has 2 aromatic carbocycles. The van der Waals surface area contributed by atoms with E-state index in [9.17, 15) is 86.9 Å². The van der Waals surface area contributed by atoms with Gasteiger partial charge >= 0.3 is 5.97 Å². The summed E-state index contributed by atoms with van der Waals surface area (Å²) < 4.78 is 5.63. The summed E-state index contributed by atoms with van der Waals surface area (Å²) in [6, 6.07) is -4.98. The van der Waals surface area contributed by atoms with Crippen LogP contribution < -0.4 is 108 Å². The first-order chi connectivity index (χ1) is 52.9. The number of rotatable bonds is 41. The molecular formula is C70H104N20O21S. The molecule has 2 heterocycles. The van der Waals surface area contributed by atoms with Crippen molar-refractivity contribution in [2.75, 3.05) is 44.3 Å². The number of thioether (sulfide) groups is 1. The van der Waals surface area contributed by atoms with Crippen LogP contribution in [-0.2, 0) is 99.1 Å². The summed E-state index contributed by atoms with van der Waals surface area (Å²) in [5.74, 6) is -19.7. The maximum Gasteiger partial charge on any atom is 0.305 e. The van der Waals surface area contributed by atoms with Crippen LogP contribution in [0.1, 0.15) is 122 Å². The Morgan fingerprint density at radius 3 is 1.82 bits per heavy atom. The van der Waals surface area contributed by atoms with Crippen LogP contribution in [0.3, 0.4) is 0 Å². The molecule has 12 atom stereocenters. The van der Waals surface area contributed by atoms with E-state index in [4.69, 9.17) is 39.1 Å². The fourth-order valence-corrected chi connectivity index (χ4v) is 12.5. The van der Waals surface area contributed by atoms with Gasteiger partial charge in [-0.15, -0.1) is 0 Å². The minimum absolute atomic E-state index is 0.0666. The van der Waals surface area contributed by atoms with Gasteiger partial charge in [0.1, 0.15) is 78.3 Å². The maximum absolute atomic E-state index is 15.3. The lowest BCUT2D eigenvalue weighted by molar-refractivity contribution is -0.142. The van der Waals surface area contributed by atoms with Gasteiger partial charge in [-0.1, -0.05) is 30.3 Å². The van der Waals surface area contributed by atoms with Crippen molar-refractivity contribution in [1.82, 2.24) is 74.1 Å². The number of nitrogens with one attached hydrogen (secondary N) is 14. The summed E-state index contributed by atoms with van der Waals surface area (Å²) in [6.07, 6.45) is -5.34. The molecule has 1 aliphatic heterocycles. The van der Waals surface area contributed by atoms with Gasteiger partial charge in [-0.2, -0.15) is 11.8 Å². The van der Waals surface area contributed by atoms with Gasteiger partial charge in [-0.05, 0) is 113 Å². The van der Waals surface area contributed by atoms with Crippen molar-refractivity contribution in [3.8, 4) is 5.75 Å². The van der Waals surface area contributed by atoms with Crippen molar-refractivity contribution in [3.05, 3.63) is 65.9 Å². The maximum atomic E-state index is 15.3. The highest BCUT2D eigenvalue weighted by Gasteiger charge is 2.42. The van der Waals surface area contributed by atoms with E-state index in [0.29, 0.717) is 22.2 Å². The smallest absolute Gasteiger partial charge is 0.305 e. The van der Waals surface area contributed by atoms with E-state index < -0.39 is 230 Å². The molecule has 28 N–H and O–H groups in total. The van der Waals surface area contributed by atoms with E-state index in [1.54, 1.807) is 24.3 Å². The predicted molar refractivity (Wildman–Crippen MR) is 402 cm³/mol. The molecule has 17 amide bonds. The monoisotopic (exact) mass is 1590 g/mol. The number of nitrogens with two attached hydrogens (primary N) is 6. The van der Waals surface area contributed by atoms with Crippen LogP contribution in [-0.4, -0.2) is 238 Å². The highest BCUT2D eigenvalue weighted by Crippen LogP contribution is 2.22. The number of hydrogen-bond donors (Lipinski definition) is 22. The van der Waals surface area contributed by atoms with Gasteiger partial charge in [0.15, 0.2) is 0 Å². The van der Waals surface area contributed by atoms with Crippen molar-refractivity contribution in [1.29, 1.82) is 0 Å². The van der Waals surface area contributed by atoms with Gasteiger partial charge in [0.2, 0.25) is 100 Å². The lowest BCUT2D eigenvalue weighted by atomic mass is 9.91. The summed E-state index contributed by atoms with van der Waals surface area (Å²) in [5.41, 5.74) is 32.3. The topological polar surface area (TPSA) is 685 Å². The molecule has 0 radical (unpaired) electrons. The molecule has 0 saturated carbocycles. The fourth-order valence-electron chi connectivity index (χ4n) is 11.5. The normalized spacial score (nSPS) is 19.1. The number of fused-ring (bicyclic) bond motifs is 1. The number of unbranched alkanes of at least 4 members (excludes halogenated alkanes) is 2. The Balaban J connectivity index is 1.88. The van der Waals surface area contributed by atoms with Gasteiger partial charge in [-0.25, -0.2) is 0 Å². The van der Waals surface area contributed by atoms with Crippen molar-refractivity contribution in [2.24, 2.45) is 34.4 Å². The quantitative estimate of drug-likeness (QED) is 0.0235. The molecule has 1 aromatic heterocycles. The Kier molecular flexibility index (Phi) is 38.8. The lowest BCUT2D eigenvalue weighted by Crippen LogP contribution is -2.64. The summed E-state index contributed by atoms with van der Waals surface area (Å²) in [7, 11) is 0. The third-order valence-corrected chi connectivity index (χ3v) is 18.5. The molecule has 41 nitrogen and oxygen atoms in total. The van der Waals surface area contributed by atoms with Gasteiger partial charge in [0.25, 0.3) is 0 Å². The van der Waals surface area contributed by atoms with Crippen LogP contribution in [0, 0.1) is 0 Å². The first kappa shape index (κ1) is 92.9. The molecule has 4 rings (SSSR count). The number of hydrogen-bond acceptors (Lipinski definition) is 23.